The molecule has 1 aliphatic rings. The Bertz CT molecular complexity index is 729. The van der Waals surface area contributed by atoms with Crippen LogP contribution >= 0.6 is 0 Å². The van der Waals surface area contributed by atoms with Crippen molar-refractivity contribution in [2.75, 3.05) is 26.9 Å². The first kappa shape index (κ1) is 17.1. The van der Waals surface area contributed by atoms with E-state index in [0.717, 1.165) is 49.1 Å². The van der Waals surface area contributed by atoms with Gasteiger partial charge in [0.25, 0.3) is 0 Å². The van der Waals surface area contributed by atoms with Crippen molar-refractivity contribution in [1.29, 1.82) is 0 Å². The molecule has 6 heteroatoms. The molecule has 0 aliphatic carbocycles. The molecule has 1 aromatic carbocycles. The first-order valence-electron chi connectivity index (χ1n) is 8.49. The van der Waals surface area contributed by atoms with E-state index in [0.29, 0.717) is 6.79 Å². The summed E-state index contributed by atoms with van der Waals surface area (Å²) in [6, 6.07) is 10.2. The highest BCUT2D eigenvalue weighted by molar-refractivity contribution is 5.79. The lowest BCUT2D eigenvalue weighted by Gasteiger charge is -2.12. The summed E-state index contributed by atoms with van der Waals surface area (Å²) < 4.78 is 10.7. The largest absolute Gasteiger partial charge is 0.454 e. The summed E-state index contributed by atoms with van der Waals surface area (Å²) in [5.41, 5.74) is 3.46. The Morgan fingerprint density at radius 1 is 1.04 bits per heavy atom. The van der Waals surface area contributed by atoms with Crippen molar-refractivity contribution in [2.24, 2.45) is 4.99 Å². The second kappa shape index (κ2) is 8.37. The summed E-state index contributed by atoms with van der Waals surface area (Å²) in [6.07, 6.45) is 3.72. The molecule has 0 saturated heterocycles. The molecular weight excluding hydrogens is 316 g/mol. The standard InChI is InChI=1S/C19H24N4O2/c1-14-3-4-16(12-23-14)8-10-22-19(20-2)21-9-7-15-5-6-17-18(11-15)25-13-24-17/h3-6,11-12H,7-10,13H2,1-2H3,(H2,20,21,22). The van der Waals surface area contributed by atoms with E-state index in [4.69, 9.17) is 9.47 Å². The van der Waals surface area contributed by atoms with Crippen LogP contribution in [0.4, 0.5) is 0 Å². The van der Waals surface area contributed by atoms with Crippen LogP contribution in [0.5, 0.6) is 11.5 Å². The number of nitrogens with one attached hydrogen (secondary N) is 2. The fourth-order valence-corrected chi connectivity index (χ4v) is 2.61. The van der Waals surface area contributed by atoms with Gasteiger partial charge in [0.05, 0.1) is 0 Å². The second-order valence-corrected chi connectivity index (χ2v) is 5.92. The van der Waals surface area contributed by atoms with E-state index in [1.807, 2.05) is 31.3 Å². The lowest BCUT2D eigenvalue weighted by atomic mass is 10.1. The Balaban J connectivity index is 1.39. The maximum atomic E-state index is 5.41. The van der Waals surface area contributed by atoms with Gasteiger partial charge in [0.15, 0.2) is 17.5 Å². The predicted molar refractivity (Wildman–Crippen MR) is 98.3 cm³/mol. The van der Waals surface area contributed by atoms with Gasteiger partial charge >= 0.3 is 0 Å². The number of guanidine groups is 1. The summed E-state index contributed by atoms with van der Waals surface area (Å²) in [6.45, 7) is 3.91. The second-order valence-electron chi connectivity index (χ2n) is 5.92. The van der Waals surface area contributed by atoms with Crippen LogP contribution in [-0.4, -0.2) is 37.9 Å². The van der Waals surface area contributed by atoms with Crippen molar-refractivity contribution < 1.29 is 9.47 Å². The maximum absolute atomic E-state index is 5.41. The van der Waals surface area contributed by atoms with Crippen LogP contribution < -0.4 is 20.1 Å². The number of aliphatic imine (C=N–C) groups is 1. The lowest BCUT2D eigenvalue weighted by Crippen LogP contribution is -2.39. The molecule has 0 amide bonds. The van der Waals surface area contributed by atoms with Gasteiger partial charge in [-0.25, -0.2) is 0 Å². The molecule has 0 radical (unpaired) electrons. The molecule has 6 nitrogen and oxygen atoms in total. The molecule has 1 aromatic heterocycles. The van der Waals surface area contributed by atoms with E-state index in [-0.39, 0.29) is 0 Å². The number of ether oxygens (including phenoxy) is 2. The lowest BCUT2D eigenvalue weighted by molar-refractivity contribution is 0.174. The molecule has 2 heterocycles. The number of aromatic nitrogens is 1. The first-order valence-corrected chi connectivity index (χ1v) is 8.49. The monoisotopic (exact) mass is 340 g/mol. The maximum Gasteiger partial charge on any atom is 0.231 e. The Morgan fingerprint density at radius 2 is 1.76 bits per heavy atom. The van der Waals surface area contributed by atoms with Gasteiger partial charge in [0.2, 0.25) is 6.79 Å². The van der Waals surface area contributed by atoms with Crippen molar-refractivity contribution in [1.82, 2.24) is 15.6 Å². The van der Waals surface area contributed by atoms with Crippen LogP contribution in [0, 0.1) is 6.92 Å². The molecule has 0 atom stereocenters. The van der Waals surface area contributed by atoms with Crippen molar-refractivity contribution in [2.45, 2.75) is 19.8 Å². The predicted octanol–water partition coefficient (Wildman–Crippen LogP) is 2.07. The average molecular weight is 340 g/mol. The zero-order valence-electron chi connectivity index (χ0n) is 14.7. The van der Waals surface area contributed by atoms with Gasteiger partial charge < -0.3 is 20.1 Å². The van der Waals surface area contributed by atoms with Crippen molar-refractivity contribution in [3.05, 3.63) is 53.3 Å². The number of aryl methyl sites for hydroxylation is 1. The molecule has 132 valence electrons. The Kier molecular flexibility index (Phi) is 5.72. The Morgan fingerprint density at radius 3 is 2.48 bits per heavy atom. The van der Waals surface area contributed by atoms with Crippen molar-refractivity contribution in [3.8, 4) is 11.5 Å². The molecule has 1 aliphatic heterocycles. The third kappa shape index (κ3) is 4.86. The third-order valence-corrected chi connectivity index (χ3v) is 4.05. The minimum atomic E-state index is 0.310. The van der Waals surface area contributed by atoms with E-state index >= 15 is 0 Å². The van der Waals surface area contributed by atoms with Gasteiger partial charge in [-0.1, -0.05) is 12.1 Å². The summed E-state index contributed by atoms with van der Waals surface area (Å²) in [7, 11) is 1.78. The van der Waals surface area contributed by atoms with Crippen LogP contribution in [-0.2, 0) is 12.8 Å². The molecule has 3 rings (SSSR count). The number of pyridine rings is 1. The fourth-order valence-electron chi connectivity index (χ4n) is 2.61. The molecule has 0 fully saturated rings. The van der Waals surface area contributed by atoms with Crippen LogP contribution in [0.3, 0.4) is 0 Å². The fraction of sp³-hybridized carbons (Fsp3) is 0.368. The smallest absolute Gasteiger partial charge is 0.231 e. The quantitative estimate of drug-likeness (QED) is 0.622. The summed E-state index contributed by atoms with van der Waals surface area (Å²) in [4.78, 5) is 8.57. The Labute approximate surface area is 148 Å². The first-order chi connectivity index (χ1) is 12.2. The van der Waals surface area contributed by atoms with Crippen LogP contribution in [0.2, 0.25) is 0 Å². The molecule has 0 bridgehead atoms. The number of fused-ring (bicyclic) bond motifs is 1. The molecular formula is C19H24N4O2. The molecule has 0 spiro atoms. The van der Waals surface area contributed by atoms with Gasteiger partial charge in [0, 0.05) is 32.0 Å². The molecule has 0 unspecified atom stereocenters. The zero-order chi connectivity index (χ0) is 17.5. The Hall–Kier alpha value is -2.76. The highest BCUT2D eigenvalue weighted by Gasteiger charge is 2.12. The summed E-state index contributed by atoms with van der Waals surface area (Å²) in [5, 5.41) is 6.66. The average Bonchev–Trinajstić information content (AvgIpc) is 3.10. The minimum absolute atomic E-state index is 0.310. The SMILES string of the molecule is CN=C(NCCc1ccc(C)nc1)NCCc1ccc2c(c1)OCO2. The highest BCUT2D eigenvalue weighted by atomic mass is 16.7. The van der Waals surface area contributed by atoms with Crippen molar-refractivity contribution in [3.63, 3.8) is 0 Å². The van der Waals surface area contributed by atoms with Crippen molar-refractivity contribution >= 4 is 5.96 Å². The number of rotatable bonds is 6. The molecule has 2 N–H and O–H groups in total. The van der Waals surface area contributed by atoms with Crippen LogP contribution in [0.25, 0.3) is 0 Å². The number of hydrogen-bond acceptors (Lipinski definition) is 4. The third-order valence-electron chi connectivity index (χ3n) is 4.05. The van der Waals surface area contributed by atoms with Gasteiger partial charge in [-0.05, 0) is 49.1 Å². The van der Waals surface area contributed by atoms with Gasteiger partial charge in [-0.2, -0.15) is 0 Å². The molecule has 0 saturated carbocycles. The number of nitrogens with zero attached hydrogens (tertiary/aromatic N) is 2. The van der Waals surface area contributed by atoms with E-state index in [1.165, 1.54) is 11.1 Å². The van der Waals surface area contributed by atoms with E-state index in [9.17, 15) is 0 Å². The van der Waals surface area contributed by atoms with E-state index < -0.39 is 0 Å². The van der Waals surface area contributed by atoms with Gasteiger partial charge in [-0.3, -0.25) is 9.98 Å². The zero-order valence-corrected chi connectivity index (χ0v) is 14.7. The van der Waals surface area contributed by atoms with E-state index in [2.05, 4.69) is 32.7 Å². The van der Waals surface area contributed by atoms with Gasteiger partial charge in [-0.15, -0.1) is 0 Å². The molecule has 25 heavy (non-hydrogen) atoms. The van der Waals surface area contributed by atoms with Crippen LogP contribution in [0.15, 0.2) is 41.5 Å². The van der Waals surface area contributed by atoms with E-state index in [1.54, 1.807) is 7.05 Å². The summed E-state index contributed by atoms with van der Waals surface area (Å²) in [5.74, 6) is 2.45. The highest BCUT2D eigenvalue weighted by Crippen LogP contribution is 2.32. The molecule has 2 aromatic rings. The van der Waals surface area contributed by atoms with Crippen LogP contribution in [0.1, 0.15) is 16.8 Å². The minimum Gasteiger partial charge on any atom is -0.454 e. The van der Waals surface area contributed by atoms with Gasteiger partial charge in [0.1, 0.15) is 0 Å². The normalized spacial score (nSPS) is 13.0. The number of benzene rings is 1. The number of hydrogen-bond donors (Lipinski definition) is 2. The summed E-state index contributed by atoms with van der Waals surface area (Å²) >= 11 is 0. The topological polar surface area (TPSA) is 67.8 Å².